The van der Waals surface area contributed by atoms with Crippen molar-refractivity contribution in [3.05, 3.63) is 53.2 Å². The fourth-order valence-corrected chi connectivity index (χ4v) is 4.00. The van der Waals surface area contributed by atoms with Crippen LogP contribution in [0.25, 0.3) is 22.1 Å². The van der Waals surface area contributed by atoms with Crippen LogP contribution < -0.4 is 5.84 Å². The van der Waals surface area contributed by atoms with Crippen molar-refractivity contribution in [1.82, 2.24) is 25.0 Å². The molecule has 1 unspecified atom stereocenters. The second-order valence-electron chi connectivity index (χ2n) is 5.95. The minimum Gasteiger partial charge on any atom is -0.338 e. The first-order valence-electron chi connectivity index (χ1n) is 8.25. The zero-order valence-electron chi connectivity index (χ0n) is 14.8. The lowest BCUT2D eigenvalue weighted by Crippen LogP contribution is -2.11. The Morgan fingerprint density at radius 2 is 2.03 bits per heavy atom. The molecule has 0 spiro atoms. The van der Waals surface area contributed by atoms with Gasteiger partial charge < -0.3 is 10.4 Å². The number of nitrogens with zero attached hydrogens (tertiary/aromatic N) is 5. The number of aromatic nitrogens is 5. The summed E-state index contributed by atoms with van der Waals surface area (Å²) in [5.74, 6) is 6.93. The zero-order chi connectivity index (χ0) is 20.6. The summed E-state index contributed by atoms with van der Waals surface area (Å²) in [5.41, 5.74) is -0.560. The summed E-state index contributed by atoms with van der Waals surface area (Å²) in [5, 5.41) is 14.0. The first-order valence-corrected chi connectivity index (χ1v) is 10.0. The summed E-state index contributed by atoms with van der Waals surface area (Å²) in [6.07, 6.45) is -4.45. The Kier molecular flexibility index (Phi) is 5.04. The smallest absolute Gasteiger partial charge is 0.338 e. The highest BCUT2D eigenvalue weighted by Gasteiger charge is 2.31. The maximum Gasteiger partial charge on any atom is 0.416 e. The van der Waals surface area contributed by atoms with Crippen LogP contribution in [0.4, 0.5) is 13.2 Å². The standard InChI is InChI=1S/C17H13F3N6OS2/c1-9(29-16-24-23-14(26(16)21)12-6-3-7-28-12)15-22-13(25-27-15)10-4-2-5-11(8-10)17(18,19)20/h2-9H,21H2,1H3. The van der Waals surface area contributed by atoms with Crippen molar-refractivity contribution in [3.8, 4) is 22.1 Å². The lowest BCUT2D eigenvalue weighted by Gasteiger charge is -2.07. The number of rotatable bonds is 5. The van der Waals surface area contributed by atoms with Crippen molar-refractivity contribution < 1.29 is 17.7 Å². The van der Waals surface area contributed by atoms with Crippen molar-refractivity contribution in [3.63, 3.8) is 0 Å². The maximum atomic E-state index is 12.9. The summed E-state index contributed by atoms with van der Waals surface area (Å²) < 4.78 is 45.3. The molecule has 0 bridgehead atoms. The first kappa shape index (κ1) is 19.5. The van der Waals surface area contributed by atoms with Crippen LogP contribution in [-0.2, 0) is 6.18 Å². The van der Waals surface area contributed by atoms with E-state index in [0.29, 0.717) is 11.0 Å². The summed E-state index contributed by atoms with van der Waals surface area (Å²) in [6, 6.07) is 8.53. The first-order chi connectivity index (χ1) is 13.8. The molecule has 3 aromatic heterocycles. The number of thioether (sulfide) groups is 1. The summed E-state index contributed by atoms with van der Waals surface area (Å²) in [6.45, 7) is 1.80. The number of benzene rings is 1. The van der Waals surface area contributed by atoms with E-state index in [9.17, 15) is 13.2 Å². The molecule has 0 saturated heterocycles. The van der Waals surface area contributed by atoms with Gasteiger partial charge in [-0.25, -0.2) is 4.68 Å². The fraction of sp³-hybridized carbons (Fsp3) is 0.176. The molecule has 3 heterocycles. The number of hydrogen-bond donors (Lipinski definition) is 1. The van der Waals surface area contributed by atoms with Crippen LogP contribution in [0.2, 0.25) is 0 Å². The van der Waals surface area contributed by atoms with E-state index in [4.69, 9.17) is 10.4 Å². The molecule has 0 amide bonds. The van der Waals surface area contributed by atoms with Crippen molar-refractivity contribution in [2.45, 2.75) is 23.5 Å². The number of hydrogen-bond acceptors (Lipinski definition) is 8. The summed E-state index contributed by atoms with van der Waals surface area (Å²) in [7, 11) is 0. The SMILES string of the molecule is CC(Sc1nnc(-c2cccs2)n1N)c1nc(-c2cccc(C(F)(F)F)c2)no1. The van der Waals surface area contributed by atoms with Crippen molar-refractivity contribution in [2.75, 3.05) is 5.84 Å². The Hall–Kier alpha value is -2.86. The molecule has 29 heavy (non-hydrogen) atoms. The van der Waals surface area contributed by atoms with Gasteiger partial charge in [-0.3, -0.25) is 0 Å². The third kappa shape index (κ3) is 3.98. The van der Waals surface area contributed by atoms with Crippen LogP contribution in [0.1, 0.15) is 23.6 Å². The zero-order valence-corrected chi connectivity index (χ0v) is 16.4. The van der Waals surface area contributed by atoms with Crippen LogP contribution in [-0.4, -0.2) is 25.0 Å². The molecule has 0 aliphatic rings. The maximum absolute atomic E-state index is 12.9. The van der Waals surface area contributed by atoms with Gasteiger partial charge in [0.2, 0.25) is 16.9 Å². The van der Waals surface area contributed by atoms with E-state index >= 15 is 0 Å². The molecule has 0 saturated carbocycles. The van der Waals surface area contributed by atoms with Crippen LogP contribution in [0.3, 0.4) is 0 Å². The molecule has 4 aromatic rings. The predicted octanol–water partition coefficient (Wildman–Crippen LogP) is 4.64. The minimum atomic E-state index is -4.45. The van der Waals surface area contributed by atoms with Gasteiger partial charge in [0.15, 0.2) is 5.82 Å². The third-order valence-corrected chi connectivity index (χ3v) is 5.84. The van der Waals surface area contributed by atoms with Gasteiger partial charge in [-0.2, -0.15) is 18.2 Å². The Morgan fingerprint density at radius 1 is 1.21 bits per heavy atom. The predicted molar refractivity (Wildman–Crippen MR) is 102 cm³/mol. The number of halogens is 3. The lowest BCUT2D eigenvalue weighted by atomic mass is 10.1. The molecule has 7 nitrogen and oxygen atoms in total. The number of nitrogen functional groups attached to an aromatic ring is 1. The molecule has 0 aliphatic heterocycles. The summed E-state index contributed by atoms with van der Waals surface area (Å²) >= 11 is 2.74. The molecule has 0 aliphatic carbocycles. The van der Waals surface area contributed by atoms with Crippen molar-refractivity contribution in [2.24, 2.45) is 0 Å². The number of nitrogens with two attached hydrogens (primary N) is 1. The Morgan fingerprint density at radius 3 is 2.76 bits per heavy atom. The van der Waals surface area contributed by atoms with Crippen molar-refractivity contribution >= 4 is 23.1 Å². The topological polar surface area (TPSA) is 95.7 Å². The Labute approximate surface area is 170 Å². The minimum absolute atomic E-state index is 0.0760. The summed E-state index contributed by atoms with van der Waals surface area (Å²) in [4.78, 5) is 5.10. The average molecular weight is 438 g/mol. The molecule has 2 N–H and O–H groups in total. The third-order valence-electron chi connectivity index (χ3n) is 3.93. The van der Waals surface area contributed by atoms with E-state index in [1.165, 1.54) is 39.9 Å². The van der Waals surface area contributed by atoms with Crippen LogP contribution in [0.15, 0.2) is 51.5 Å². The number of alkyl halides is 3. The highest BCUT2D eigenvalue weighted by molar-refractivity contribution is 7.99. The molecule has 1 aromatic carbocycles. The number of thiophene rings is 1. The van der Waals surface area contributed by atoms with Gasteiger partial charge >= 0.3 is 6.18 Å². The normalized spacial score (nSPS) is 13.0. The van der Waals surface area contributed by atoms with Gasteiger partial charge in [-0.15, -0.1) is 21.5 Å². The molecule has 0 radical (unpaired) electrons. The molecule has 4 rings (SSSR count). The van der Waals surface area contributed by atoms with Gasteiger partial charge in [0, 0.05) is 5.56 Å². The average Bonchev–Trinajstić information content (AvgIpc) is 3.43. The highest BCUT2D eigenvalue weighted by Crippen LogP contribution is 2.36. The van der Waals surface area contributed by atoms with Gasteiger partial charge in [0.25, 0.3) is 0 Å². The van der Waals surface area contributed by atoms with Gasteiger partial charge in [0.1, 0.15) is 0 Å². The van der Waals surface area contributed by atoms with E-state index in [1.807, 2.05) is 17.5 Å². The van der Waals surface area contributed by atoms with E-state index in [1.54, 1.807) is 6.92 Å². The van der Waals surface area contributed by atoms with Crippen molar-refractivity contribution in [1.29, 1.82) is 0 Å². The van der Waals surface area contributed by atoms with E-state index in [0.717, 1.165) is 17.0 Å². The monoisotopic (exact) mass is 438 g/mol. The van der Waals surface area contributed by atoms with E-state index in [-0.39, 0.29) is 22.5 Å². The fourth-order valence-electron chi connectivity index (χ4n) is 2.49. The molecule has 150 valence electrons. The highest BCUT2D eigenvalue weighted by atomic mass is 32.2. The molecule has 12 heteroatoms. The molecule has 0 fully saturated rings. The Balaban J connectivity index is 1.53. The second-order valence-corrected chi connectivity index (χ2v) is 8.20. The van der Waals surface area contributed by atoms with Gasteiger partial charge in [-0.05, 0) is 30.5 Å². The quantitative estimate of drug-likeness (QED) is 0.358. The van der Waals surface area contributed by atoms with Crippen LogP contribution >= 0.6 is 23.1 Å². The van der Waals surface area contributed by atoms with Gasteiger partial charge in [0.05, 0.1) is 15.7 Å². The molecular weight excluding hydrogens is 425 g/mol. The largest absolute Gasteiger partial charge is 0.416 e. The van der Waals surface area contributed by atoms with E-state index in [2.05, 4.69) is 20.3 Å². The lowest BCUT2D eigenvalue weighted by molar-refractivity contribution is -0.137. The second kappa shape index (κ2) is 7.52. The van der Waals surface area contributed by atoms with Gasteiger partial charge in [-0.1, -0.05) is 35.1 Å². The molecule has 1 atom stereocenters. The van der Waals surface area contributed by atoms with Crippen LogP contribution in [0, 0.1) is 0 Å². The van der Waals surface area contributed by atoms with E-state index < -0.39 is 11.7 Å². The molecular formula is C17H13F3N6OS2. The van der Waals surface area contributed by atoms with Crippen LogP contribution in [0.5, 0.6) is 0 Å². The Bertz CT molecular complexity index is 1120.